The summed E-state index contributed by atoms with van der Waals surface area (Å²) < 4.78 is 0. The highest BCUT2D eigenvalue weighted by atomic mass is 16.2. The Hall–Kier alpha value is -2.36. The third kappa shape index (κ3) is 2.89. The minimum atomic E-state index is -0.125. The van der Waals surface area contributed by atoms with Crippen molar-refractivity contribution in [1.82, 2.24) is 4.90 Å². The first-order valence-corrected chi connectivity index (χ1v) is 7.02. The zero-order valence-electron chi connectivity index (χ0n) is 12.3. The van der Waals surface area contributed by atoms with E-state index in [9.17, 15) is 9.59 Å². The molecule has 1 aromatic carbocycles. The number of hydrogen-bond acceptors (Lipinski definition) is 2. The van der Waals surface area contributed by atoms with E-state index < -0.39 is 0 Å². The van der Waals surface area contributed by atoms with Crippen LogP contribution < -0.4 is 4.90 Å². The molecule has 0 fully saturated rings. The maximum absolute atomic E-state index is 12.5. The topological polar surface area (TPSA) is 40.6 Å². The fourth-order valence-corrected chi connectivity index (χ4v) is 2.65. The number of anilines is 1. The molecule has 2 amide bonds. The molecule has 0 unspecified atom stereocenters. The Morgan fingerprint density at radius 3 is 2.81 bits per heavy atom. The van der Waals surface area contributed by atoms with Gasteiger partial charge in [-0.05, 0) is 36.6 Å². The van der Waals surface area contributed by atoms with E-state index in [2.05, 4.69) is 13.2 Å². The van der Waals surface area contributed by atoms with Gasteiger partial charge in [-0.25, -0.2) is 0 Å². The average molecular weight is 284 g/mol. The van der Waals surface area contributed by atoms with Gasteiger partial charge in [0.15, 0.2) is 0 Å². The Bertz CT molecular complexity index is 592. The summed E-state index contributed by atoms with van der Waals surface area (Å²) >= 11 is 0. The lowest BCUT2D eigenvalue weighted by atomic mass is 9.95. The molecule has 1 heterocycles. The summed E-state index contributed by atoms with van der Waals surface area (Å²) in [7, 11) is 1.75. The number of carbonyl (C=O) groups is 2. The zero-order valence-corrected chi connectivity index (χ0v) is 12.3. The predicted octanol–water partition coefficient (Wildman–Crippen LogP) is 2.41. The maximum Gasteiger partial charge on any atom is 0.254 e. The normalized spacial score (nSPS) is 13.3. The number of fused-ring (bicyclic) bond motifs is 1. The van der Waals surface area contributed by atoms with E-state index in [1.807, 2.05) is 18.2 Å². The Morgan fingerprint density at radius 2 is 2.14 bits per heavy atom. The molecule has 0 saturated heterocycles. The average Bonchev–Trinajstić information content (AvgIpc) is 2.52. The van der Waals surface area contributed by atoms with Crippen LogP contribution in [0.25, 0.3) is 0 Å². The lowest BCUT2D eigenvalue weighted by molar-refractivity contribution is -0.114. The van der Waals surface area contributed by atoms with Gasteiger partial charge in [-0.2, -0.15) is 0 Å². The van der Waals surface area contributed by atoms with Gasteiger partial charge in [0.1, 0.15) is 0 Å². The molecule has 0 aromatic heterocycles. The molecular weight excluding hydrogens is 264 g/mol. The predicted molar refractivity (Wildman–Crippen MR) is 84.5 cm³/mol. The molecule has 1 aliphatic rings. The van der Waals surface area contributed by atoms with E-state index in [4.69, 9.17) is 0 Å². The SMILES string of the molecule is C=CCN(C)C(=O)c1cccc2c1CCCN2C(=O)C=C. The van der Waals surface area contributed by atoms with Crippen molar-refractivity contribution < 1.29 is 9.59 Å². The molecule has 0 spiro atoms. The van der Waals surface area contributed by atoms with Crippen LogP contribution in [0.4, 0.5) is 5.69 Å². The van der Waals surface area contributed by atoms with Gasteiger partial charge in [-0.3, -0.25) is 9.59 Å². The second-order valence-corrected chi connectivity index (χ2v) is 5.08. The number of likely N-dealkylation sites (N-methyl/N-ethyl adjacent to an activating group) is 1. The molecule has 0 radical (unpaired) electrons. The maximum atomic E-state index is 12.5. The lowest BCUT2D eigenvalue weighted by Crippen LogP contribution is -2.36. The van der Waals surface area contributed by atoms with Crippen LogP contribution in [0.1, 0.15) is 22.3 Å². The van der Waals surface area contributed by atoms with E-state index >= 15 is 0 Å². The quantitative estimate of drug-likeness (QED) is 0.629. The van der Waals surface area contributed by atoms with E-state index in [0.717, 1.165) is 24.1 Å². The Morgan fingerprint density at radius 1 is 1.38 bits per heavy atom. The monoisotopic (exact) mass is 284 g/mol. The third-order valence-corrected chi connectivity index (χ3v) is 3.67. The molecule has 2 rings (SSSR count). The van der Waals surface area contributed by atoms with Crippen LogP contribution in [-0.2, 0) is 11.2 Å². The molecule has 4 nitrogen and oxygen atoms in total. The van der Waals surface area contributed by atoms with Gasteiger partial charge in [0.2, 0.25) is 5.91 Å². The fourth-order valence-electron chi connectivity index (χ4n) is 2.65. The summed E-state index contributed by atoms with van der Waals surface area (Å²) in [5, 5.41) is 0. The highest BCUT2D eigenvalue weighted by Gasteiger charge is 2.25. The minimum absolute atomic E-state index is 0.0420. The van der Waals surface area contributed by atoms with Gasteiger partial charge >= 0.3 is 0 Å². The van der Waals surface area contributed by atoms with Gasteiger partial charge in [-0.1, -0.05) is 18.7 Å². The summed E-state index contributed by atoms with van der Waals surface area (Å²) in [6.07, 6.45) is 4.66. The first kappa shape index (κ1) is 15.0. The van der Waals surface area contributed by atoms with E-state index in [0.29, 0.717) is 18.7 Å². The summed E-state index contributed by atoms with van der Waals surface area (Å²) in [6.45, 7) is 8.36. The first-order chi connectivity index (χ1) is 10.1. The Balaban J connectivity index is 2.42. The number of nitrogens with zero attached hydrogens (tertiary/aromatic N) is 2. The Kier molecular flexibility index (Phi) is 4.58. The van der Waals surface area contributed by atoms with Crippen molar-refractivity contribution in [3.05, 3.63) is 54.6 Å². The van der Waals surface area contributed by atoms with Crippen molar-refractivity contribution in [2.45, 2.75) is 12.8 Å². The summed E-state index contributed by atoms with van der Waals surface area (Å²) in [5.41, 5.74) is 2.43. The lowest BCUT2D eigenvalue weighted by Gasteiger charge is -2.30. The van der Waals surface area contributed by atoms with Crippen LogP contribution >= 0.6 is 0 Å². The Labute approximate surface area is 125 Å². The van der Waals surface area contributed by atoms with Crippen LogP contribution in [0.3, 0.4) is 0 Å². The molecule has 110 valence electrons. The number of rotatable bonds is 4. The summed E-state index contributed by atoms with van der Waals surface area (Å²) in [5.74, 6) is -0.167. The van der Waals surface area contributed by atoms with Gasteiger partial charge in [0.25, 0.3) is 5.91 Å². The van der Waals surface area contributed by atoms with E-state index in [-0.39, 0.29) is 11.8 Å². The largest absolute Gasteiger partial charge is 0.338 e. The smallest absolute Gasteiger partial charge is 0.254 e. The molecule has 0 atom stereocenters. The van der Waals surface area contributed by atoms with Gasteiger partial charge in [0.05, 0.1) is 0 Å². The summed E-state index contributed by atoms with van der Waals surface area (Å²) in [6, 6.07) is 5.53. The van der Waals surface area contributed by atoms with Crippen molar-refractivity contribution in [3.63, 3.8) is 0 Å². The third-order valence-electron chi connectivity index (χ3n) is 3.67. The fraction of sp³-hybridized carbons (Fsp3) is 0.294. The molecule has 0 saturated carbocycles. The van der Waals surface area contributed by atoms with Crippen molar-refractivity contribution >= 4 is 17.5 Å². The zero-order chi connectivity index (χ0) is 15.4. The molecule has 21 heavy (non-hydrogen) atoms. The van der Waals surface area contributed by atoms with Crippen molar-refractivity contribution in [3.8, 4) is 0 Å². The molecule has 0 aliphatic carbocycles. The van der Waals surface area contributed by atoms with Crippen molar-refractivity contribution in [2.24, 2.45) is 0 Å². The molecule has 1 aliphatic heterocycles. The molecule has 0 N–H and O–H groups in total. The molecular formula is C17H20N2O2. The number of carbonyl (C=O) groups excluding carboxylic acids is 2. The second kappa shape index (κ2) is 6.39. The molecule has 4 heteroatoms. The van der Waals surface area contributed by atoms with Crippen LogP contribution in [0.2, 0.25) is 0 Å². The van der Waals surface area contributed by atoms with Gasteiger partial charge in [-0.15, -0.1) is 6.58 Å². The van der Waals surface area contributed by atoms with Crippen LogP contribution in [0.5, 0.6) is 0 Å². The van der Waals surface area contributed by atoms with Gasteiger partial charge in [0, 0.05) is 31.4 Å². The van der Waals surface area contributed by atoms with Gasteiger partial charge < -0.3 is 9.80 Å². The molecule has 1 aromatic rings. The van der Waals surface area contributed by atoms with Crippen LogP contribution in [0, 0.1) is 0 Å². The highest BCUT2D eigenvalue weighted by molar-refractivity contribution is 6.04. The van der Waals surface area contributed by atoms with E-state index in [1.165, 1.54) is 6.08 Å². The van der Waals surface area contributed by atoms with Crippen molar-refractivity contribution in [1.29, 1.82) is 0 Å². The second-order valence-electron chi connectivity index (χ2n) is 5.08. The minimum Gasteiger partial charge on any atom is -0.338 e. The number of hydrogen-bond donors (Lipinski definition) is 0. The van der Waals surface area contributed by atoms with Crippen LogP contribution in [-0.4, -0.2) is 36.9 Å². The van der Waals surface area contributed by atoms with Crippen LogP contribution in [0.15, 0.2) is 43.5 Å². The van der Waals surface area contributed by atoms with Crippen molar-refractivity contribution in [2.75, 3.05) is 25.0 Å². The number of amides is 2. The molecule has 0 bridgehead atoms. The number of benzene rings is 1. The summed E-state index contributed by atoms with van der Waals surface area (Å²) in [4.78, 5) is 27.8. The standard InChI is InChI=1S/C17H20N2O2/c1-4-11-18(3)17(21)14-8-6-10-15-13(14)9-7-12-19(15)16(20)5-2/h4-6,8,10H,1-2,7,9,11-12H2,3H3. The van der Waals surface area contributed by atoms with E-state index in [1.54, 1.807) is 22.9 Å². The first-order valence-electron chi connectivity index (χ1n) is 7.02. The highest BCUT2D eigenvalue weighted by Crippen LogP contribution is 2.30.